The molecule has 3 amide bonds. The van der Waals surface area contributed by atoms with Gasteiger partial charge >= 0.3 is 0 Å². The number of nitrogens with zero attached hydrogens (tertiary/aromatic N) is 3. The number of benzene rings is 1. The molecule has 8 heteroatoms. The molecule has 0 radical (unpaired) electrons. The van der Waals surface area contributed by atoms with Crippen molar-refractivity contribution in [2.45, 2.75) is 13.8 Å². The maximum absolute atomic E-state index is 12.8. The predicted molar refractivity (Wildman–Crippen MR) is 115 cm³/mol. The van der Waals surface area contributed by atoms with Gasteiger partial charge in [0.25, 0.3) is 11.1 Å². The summed E-state index contributed by atoms with van der Waals surface area (Å²) in [6.07, 6.45) is 3.63. The fourth-order valence-corrected chi connectivity index (χ4v) is 4.26. The Bertz CT molecular complexity index is 1040. The minimum absolute atomic E-state index is 0.236. The molecule has 1 aromatic heterocycles. The van der Waals surface area contributed by atoms with Crippen LogP contribution in [0.5, 0.6) is 0 Å². The molecule has 2 fully saturated rings. The monoisotopic (exact) mass is 425 g/mol. The second-order valence-corrected chi connectivity index (χ2v) is 8.33. The zero-order valence-electron chi connectivity index (χ0n) is 17.0. The fraction of sp³-hybridized carbons (Fsp3) is 0.318. The van der Waals surface area contributed by atoms with Crippen molar-refractivity contribution in [3.63, 3.8) is 0 Å². The Kier molecular flexibility index (Phi) is 5.78. The second kappa shape index (κ2) is 8.49. The molecule has 30 heavy (non-hydrogen) atoms. The number of thioether (sulfide) groups is 1. The van der Waals surface area contributed by atoms with Gasteiger partial charge in [0.05, 0.1) is 18.1 Å². The van der Waals surface area contributed by atoms with Crippen molar-refractivity contribution in [2.24, 2.45) is 0 Å². The molecule has 0 unspecified atom stereocenters. The highest BCUT2D eigenvalue weighted by atomic mass is 32.2. The standard InChI is InChI=1S/C22H23N3O4S/c1-15-5-6-18(12-16(15)2)24-7-3-4-17(24)13-19-21(27)25(22(28)30-19)14-20(26)23-8-10-29-11-9-23/h3-7,12-13H,8-11,14H2,1-2H3/b19-13+. The lowest BCUT2D eigenvalue weighted by atomic mass is 10.1. The van der Waals surface area contributed by atoms with E-state index in [4.69, 9.17) is 4.74 Å². The third kappa shape index (κ3) is 4.06. The van der Waals surface area contributed by atoms with E-state index < -0.39 is 11.1 Å². The first kappa shape index (κ1) is 20.4. The van der Waals surface area contributed by atoms with Crippen LogP contribution in [0.1, 0.15) is 16.8 Å². The van der Waals surface area contributed by atoms with Crippen molar-refractivity contribution in [2.75, 3.05) is 32.8 Å². The Morgan fingerprint density at radius 1 is 1.13 bits per heavy atom. The van der Waals surface area contributed by atoms with E-state index in [1.54, 1.807) is 11.0 Å². The van der Waals surface area contributed by atoms with E-state index in [9.17, 15) is 14.4 Å². The lowest BCUT2D eigenvalue weighted by molar-refractivity contribution is -0.139. The van der Waals surface area contributed by atoms with Crippen molar-refractivity contribution in [3.8, 4) is 5.69 Å². The Labute approximate surface area is 179 Å². The quantitative estimate of drug-likeness (QED) is 0.705. The highest BCUT2D eigenvalue weighted by molar-refractivity contribution is 8.18. The Hall–Kier alpha value is -2.84. The number of amides is 3. The van der Waals surface area contributed by atoms with Gasteiger partial charge in [0, 0.05) is 30.7 Å². The minimum Gasteiger partial charge on any atom is -0.378 e. The molecule has 0 saturated carbocycles. The first-order valence-electron chi connectivity index (χ1n) is 9.80. The van der Waals surface area contributed by atoms with Gasteiger partial charge in [-0.1, -0.05) is 6.07 Å². The Balaban J connectivity index is 1.53. The van der Waals surface area contributed by atoms with Crippen molar-refractivity contribution < 1.29 is 19.1 Å². The summed E-state index contributed by atoms with van der Waals surface area (Å²) in [6.45, 7) is 5.79. The minimum atomic E-state index is -0.431. The lowest BCUT2D eigenvalue weighted by Crippen LogP contribution is -2.46. The van der Waals surface area contributed by atoms with Crippen LogP contribution < -0.4 is 0 Å². The predicted octanol–water partition coefficient (Wildman–Crippen LogP) is 2.99. The lowest BCUT2D eigenvalue weighted by Gasteiger charge is -2.28. The van der Waals surface area contributed by atoms with Crippen LogP contribution in [0.2, 0.25) is 0 Å². The van der Waals surface area contributed by atoms with Crippen molar-refractivity contribution in [1.29, 1.82) is 0 Å². The highest BCUT2D eigenvalue weighted by Crippen LogP contribution is 2.32. The van der Waals surface area contributed by atoms with Crippen LogP contribution in [0.25, 0.3) is 11.8 Å². The van der Waals surface area contributed by atoms with E-state index in [1.807, 2.05) is 29.0 Å². The second-order valence-electron chi connectivity index (χ2n) is 7.33. The fourth-order valence-electron chi connectivity index (χ4n) is 3.44. The molecule has 156 valence electrons. The number of hydrogen-bond acceptors (Lipinski definition) is 5. The topological polar surface area (TPSA) is 71.8 Å². The molecule has 0 spiro atoms. The van der Waals surface area contributed by atoms with Gasteiger partial charge in [0.15, 0.2) is 0 Å². The first-order chi connectivity index (χ1) is 14.4. The SMILES string of the molecule is Cc1ccc(-n2cccc2/C=C2/SC(=O)N(CC(=O)N3CCOCC3)C2=O)cc1C. The van der Waals surface area contributed by atoms with Crippen molar-refractivity contribution in [3.05, 3.63) is 58.3 Å². The summed E-state index contributed by atoms with van der Waals surface area (Å²) in [4.78, 5) is 40.7. The number of morpholine rings is 1. The zero-order valence-corrected chi connectivity index (χ0v) is 17.8. The third-order valence-corrected chi connectivity index (χ3v) is 6.27. The van der Waals surface area contributed by atoms with E-state index in [0.29, 0.717) is 31.2 Å². The molecule has 2 aliphatic heterocycles. The number of aryl methyl sites for hydroxylation is 2. The van der Waals surface area contributed by atoms with Crippen LogP contribution >= 0.6 is 11.8 Å². The molecular weight excluding hydrogens is 402 g/mol. The molecule has 0 bridgehead atoms. The highest BCUT2D eigenvalue weighted by Gasteiger charge is 2.37. The molecule has 2 saturated heterocycles. The summed E-state index contributed by atoms with van der Waals surface area (Å²) < 4.78 is 7.21. The molecule has 3 heterocycles. The Morgan fingerprint density at radius 3 is 2.63 bits per heavy atom. The maximum Gasteiger partial charge on any atom is 0.294 e. The first-order valence-corrected chi connectivity index (χ1v) is 10.6. The molecule has 0 N–H and O–H groups in total. The summed E-state index contributed by atoms with van der Waals surface area (Å²) in [6, 6.07) is 9.95. The van der Waals surface area contributed by atoms with E-state index in [0.717, 1.165) is 28.0 Å². The summed E-state index contributed by atoms with van der Waals surface area (Å²) in [5.41, 5.74) is 4.16. The average Bonchev–Trinajstić information content (AvgIpc) is 3.31. The molecular formula is C22H23N3O4S. The van der Waals surface area contributed by atoms with E-state index in [1.165, 1.54) is 11.1 Å². The molecule has 1 aromatic carbocycles. The summed E-state index contributed by atoms with van der Waals surface area (Å²) >= 11 is 0.868. The van der Waals surface area contributed by atoms with Gasteiger partial charge in [-0.2, -0.15) is 0 Å². The third-order valence-electron chi connectivity index (χ3n) is 5.36. The number of aromatic nitrogens is 1. The van der Waals surface area contributed by atoms with Crippen molar-refractivity contribution in [1.82, 2.24) is 14.4 Å². The largest absolute Gasteiger partial charge is 0.378 e. The number of hydrogen-bond donors (Lipinski definition) is 0. The maximum atomic E-state index is 12.8. The number of rotatable bonds is 4. The van der Waals surface area contributed by atoms with Gasteiger partial charge in [0.2, 0.25) is 5.91 Å². The van der Waals surface area contributed by atoms with Crippen LogP contribution in [0, 0.1) is 13.8 Å². The number of carbonyl (C=O) groups excluding carboxylic acids is 3. The molecule has 7 nitrogen and oxygen atoms in total. The molecule has 4 rings (SSSR count). The van der Waals surface area contributed by atoms with Crippen LogP contribution in [0.4, 0.5) is 4.79 Å². The van der Waals surface area contributed by atoms with Gasteiger partial charge in [-0.15, -0.1) is 0 Å². The van der Waals surface area contributed by atoms with Gasteiger partial charge in [0.1, 0.15) is 6.54 Å². The molecule has 2 aromatic rings. The summed E-state index contributed by atoms with van der Waals surface area (Å²) in [5, 5.41) is -0.419. The number of ether oxygens (including phenoxy) is 1. The smallest absolute Gasteiger partial charge is 0.294 e. The van der Waals surface area contributed by atoms with Gasteiger partial charge in [-0.3, -0.25) is 19.3 Å². The normalized spacial score (nSPS) is 18.5. The summed E-state index contributed by atoms with van der Waals surface area (Å²) in [7, 11) is 0. The van der Waals surface area contributed by atoms with E-state index in [-0.39, 0.29) is 12.5 Å². The Morgan fingerprint density at radius 2 is 1.90 bits per heavy atom. The van der Waals surface area contributed by atoms with Crippen LogP contribution in [0.3, 0.4) is 0 Å². The molecule has 2 aliphatic rings. The zero-order chi connectivity index (χ0) is 21.3. The summed E-state index contributed by atoms with van der Waals surface area (Å²) in [5.74, 6) is -0.667. The number of imide groups is 1. The molecule has 0 aliphatic carbocycles. The van der Waals surface area contributed by atoms with Gasteiger partial charge in [-0.05, 0) is 67.1 Å². The van der Waals surface area contributed by atoms with Crippen LogP contribution in [-0.4, -0.2) is 64.3 Å². The van der Waals surface area contributed by atoms with E-state index in [2.05, 4.69) is 26.0 Å². The van der Waals surface area contributed by atoms with Crippen LogP contribution in [0.15, 0.2) is 41.4 Å². The van der Waals surface area contributed by atoms with Gasteiger partial charge in [-0.25, -0.2) is 0 Å². The van der Waals surface area contributed by atoms with E-state index >= 15 is 0 Å². The van der Waals surface area contributed by atoms with Crippen LogP contribution in [-0.2, 0) is 14.3 Å². The average molecular weight is 426 g/mol. The molecule has 0 atom stereocenters. The van der Waals surface area contributed by atoms with Gasteiger partial charge < -0.3 is 14.2 Å². The number of carbonyl (C=O) groups is 3. The van der Waals surface area contributed by atoms with Crippen molar-refractivity contribution >= 4 is 34.9 Å².